The summed E-state index contributed by atoms with van der Waals surface area (Å²) >= 11 is 1.68. The van der Waals surface area contributed by atoms with Crippen molar-refractivity contribution in [3.63, 3.8) is 0 Å². The molecule has 0 spiro atoms. The Labute approximate surface area is 170 Å². The van der Waals surface area contributed by atoms with Crippen LogP contribution in [0.4, 0.5) is 0 Å². The second-order valence-electron chi connectivity index (χ2n) is 7.00. The van der Waals surface area contributed by atoms with Crippen molar-refractivity contribution in [1.82, 2.24) is 4.90 Å². The summed E-state index contributed by atoms with van der Waals surface area (Å²) in [6.45, 7) is 3.46. The van der Waals surface area contributed by atoms with Crippen LogP contribution in [0.5, 0.6) is 11.5 Å². The summed E-state index contributed by atoms with van der Waals surface area (Å²) in [6.07, 6.45) is 3.96. The quantitative estimate of drug-likeness (QED) is 0.666. The second-order valence-corrected chi connectivity index (χ2v) is 9.41. The molecular weight excluding hydrogens is 396 g/mol. The van der Waals surface area contributed by atoms with E-state index in [4.69, 9.17) is 9.88 Å². The molecular formula is C20H26N2O4S2. The first-order chi connectivity index (χ1) is 13.3. The van der Waals surface area contributed by atoms with Gasteiger partial charge in [-0.05, 0) is 74.5 Å². The fraction of sp³-hybridized carbons (Fsp3) is 0.400. The number of nitrogens with zero attached hydrogens (tertiary/aromatic N) is 1. The Hall–Kier alpha value is -1.58. The van der Waals surface area contributed by atoms with E-state index in [9.17, 15) is 13.5 Å². The molecule has 1 saturated heterocycles. The minimum absolute atomic E-state index is 0.0588. The van der Waals surface area contributed by atoms with Crippen LogP contribution in [0.25, 0.3) is 0 Å². The molecule has 0 radical (unpaired) electrons. The molecule has 2 aromatic carbocycles. The highest BCUT2D eigenvalue weighted by atomic mass is 32.2. The number of ether oxygens (including phenoxy) is 1. The number of thioether (sulfide) groups is 1. The van der Waals surface area contributed by atoms with Crippen molar-refractivity contribution in [3.05, 3.63) is 47.5 Å². The summed E-state index contributed by atoms with van der Waals surface area (Å²) < 4.78 is 29.7. The predicted octanol–water partition coefficient (Wildman–Crippen LogP) is 3.11. The topological polar surface area (TPSA) is 92.9 Å². The molecule has 28 heavy (non-hydrogen) atoms. The molecule has 1 heterocycles. The molecule has 152 valence electrons. The first-order valence-electron chi connectivity index (χ1n) is 9.15. The summed E-state index contributed by atoms with van der Waals surface area (Å²) in [7, 11) is -3.81. The Balaban J connectivity index is 1.94. The maximum absolute atomic E-state index is 11.8. The standard InChI is InChI=1S/C20H26N2O4S2/c1-14-10-17(5-8-20(14)27-2)26-19-7-6-18(28(21,24)25)11-15(19)12-22-9-3-4-16(22)13-23/h5-8,10-11,16,23H,3-4,9,12-13H2,1-2H3,(H2,21,24,25)/t16-/m1/s1. The number of hydrogen-bond acceptors (Lipinski definition) is 6. The van der Waals surface area contributed by atoms with Gasteiger partial charge in [-0.1, -0.05) is 0 Å². The number of aryl methyl sites for hydroxylation is 1. The lowest BCUT2D eigenvalue weighted by molar-refractivity contribution is 0.153. The lowest BCUT2D eigenvalue weighted by Gasteiger charge is -2.24. The van der Waals surface area contributed by atoms with Crippen LogP contribution in [0, 0.1) is 6.92 Å². The van der Waals surface area contributed by atoms with Crippen LogP contribution in [0.3, 0.4) is 0 Å². The van der Waals surface area contributed by atoms with Gasteiger partial charge in [-0.3, -0.25) is 4.90 Å². The van der Waals surface area contributed by atoms with Gasteiger partial charge in [0.25, 0.3) is 0 Å². The van der Waals surface area contributed by atoms with Gasteiger partial charge in [-0.25, -0.2) is 13.6 Å². The van der Waals surface area contributed by atoms with E-state index in [2.05, 4.69) is 4.90 Å². The smallest absolute Gasteiger partial charge is 0.238 e. The number of aliphatic hydroxyl groups is 1. The normalized spacial score (nSPS) is 17.8. The third-order valence-electron chi connectivity index (χ3n) is 5.04. The van der Waals surface area contributed by atoms with Crippen molar-refractivity contribution < 1.29 is 18.3 Å². The van der Waals surface area contributed by atoms with Gasteiger partial charge in [0.05, 0.1) is 11.5 Å². The fourth-order valence-electron chi connectivity index (χ4n) is 3.53. The monoisotopic (exact) mass is 422 g/mol. The van der Waals surface area contributed by atoms with Gasteiger partial charge in [0.1, 0.15) is 11.5 Å². The van der Waals surface area contributed by atoms with E-state index in [0.29, 0.717) is 18.0 Å². The van der Waals surface area contributed by atoms with Gasteiger partial charge >= 0.3 is 0 Å². The van der Waals surface area contributed by atoms with Crippen LogP contribution >= 0.6 is 11.8 Å². The van der Waals surface area contributed by atoms with Gasteiger partial charge in [0.15, 0.2) is 0 Å². The van der Waals surface area contributed by atoms with Gasteiger partial charge in [-0.2, -0.15) is 0 Å². The molecule has 0 amide bonds. The molecule has 0 aromatic heterocycles. The lowest BCUT2D eigenvalue weighted by atomic mass is 10.1. The highest BCUT2D eigenvalue weighted by Crippen LogP contribution is 2.32. The zero-order valence-electron chi connectivity index (χ0n) is 16.1. The summed E-state index contributed by atoms with van der Waals surface area (Å²) in [5.41, 5.74) is 1.85. The molecule has 0 aliphatic carbocycles. The van der Waals surface area contributed by atoms with Gasteiger partial charge in [0.2, 0.25) is 10.0 Å². The average molecular weight is 423 g/mol. The van der Waals surface area contributed by atoms with Crippen molar-refractivity contribution in [1.29, 1.82) is 0 Å². The molecule has 0 saturated carbocycles. The van der Waals surface area contributed by atoms with Crippen LogP contribution in [0.1, 0.15) is 24.0 Å². The van der Waals surface area contributed by atoms with Crippen molar-refractivity contribution in [3.8, 4) is 11.5 Å². The molecule has 8 heteroatoms. The van der Waals surface area contributed by atoms with Crippen LogP contribution in [-0.2, 0) is 16.6 Å². The number of benzene rings is 2. The molecule has 1 aliphatic rings. The van der Waals surface area contributed by atoms with Crippen molar-refractivity contribution in [2.75, 3.05) is 19.4 Å². The highest BCUT2D eigenvalue weighted by Gasteiger charge is 2.25. The number of rotatable bonds is 7. The fourth-order valence-corrected chi connectivity index (χ4v) is 4.68. The summed E-state index contributed by atoms with van der Waals surface area (Å²) in [5.74, 6) is 1.28. The van der Waals surface area contributed by atoms with Crippen LogP contribution < -0.4 is 9.88 Å². The molecule has 3 rings (SSSR count). The molecule has 1 atom stereocenters. The van der Waals surface area contributed by atoms with E-state index in [-0.39, 0.29) is 17.5 Å². The van der Waals surface area contributed by atoms with Crippen molar-refractivity contribution >= 4 is 21.8 Å². The zero-order valence-corrected chi connectivity index (χ0v) is 17.7. The predicted molar refractivity (Wildman–Crippen MR) is 111 cm³/mol. The van der Waals surface area contributed by atoms with E-state index in [1.54, 1.807) is 23.9 Å². The number of hydrogen-bond donors (Lipinski definition) is 2. The molecule has 2 aromatic rings. The maximum atomic E-state index is 11.8. The van der Waals surface area contributed by atoms with E-state index in [1.165, 1.54) is 11.0 Å². The molecule has 1 aliphatic heterocycles. The first-order valence-corrected chi connectivity index (χ1v) is 11.9. The number of primary sulfonamides is 1. The Morgan fingerprint density at radius 3 is 2.71 bits per heavy atom. The van der Waals surface area contributed by atoms with E-state index in [0.717, 1.165) is 30.5 Å². The zero-order chi connectivity index (χ0) is 20.3. The Bertz CT molecular complexity index is 947. The molecule has 1 fully saturated rings. The van der Waals surface area contributed by atoms with Gasteiger partial charge < -0.3 is 9.84 Å². The largest absolute Gasteiger partial charge is 0.457 e. The van der Waals surface area contributed by atoms with E-state index < -0.39 is 10.0 Å². The molecule has 3 N–H and O–H groups in total. The molecule has 0 bridgehead atoms. The van der Waals surface area contributed by atoms with Gasteiger partial charge in [0, 0.05) is 23.0 Å². The third kappa shape index (κ3) is 4.87. The van der Waals surface area contributed by atoms with Crippen molar-refractivity contribution in [2.24, 2.45) is 5.14 Å². The third-order valence-corrected chi connectivity index (χ3v) is 6.85. The highest BCUT2D eigenvalue weighted by molar-refractivity contribution is 7.98. The lowest BCUT2D eigenvalue weighted by Crippen LogP contribution is -2.31. The second kappa shape index (κ2) is 8.84. The summed E-state index contributed by atoms with van der Waals surface area (Å²) in [6, 6.07) is 10.6. The molecule has 6 nitrogen and oxygen atoms in total. The minimum atomic E-state index is -3.81. The Kier molecular flexibility index (Phi) is 6.67. The van der Waals surface area contributed by atoms with Crippen LogP contribution in [-0.4, -0.2) is 43.9 Å². The van der Waals surface area contributed by atoms with Crippen LogP contribution in [0.2, 0.25) is 0 Å². The Morgan fingerprint density at radius 1 is 1.29 bits per heavy atom. The summed E-state index contributed by atoms with van der Waals surface area (Å²) in [5, 5.41) is 14.9. The summed E-state index contributed by atoms with van der Waals surface area (Å²) in [4.78, 5) is 3.39. The first kappa shape index (κ1) is 21.1. The number of sulfonamides is 1. The number of likely N-dealkylation sites (tertiary alicyclic amines) is 1. The SMILES string of the molecule is CSc1ccc(Oc2ccc(S(N)(=O)=O)cc2CN2CCC[C@@H]2CO)cc1C. The Morgan fingerprint density at radius 2 is 2.07 bits per heavy atom. The van der Waals surface area contributed by atoms with Gasteiger partial charge in [-0.15, -0.1) is 11.8 Å². The number of aliphatic hydroxyl groups excluding tert-OH is 1. The molecule has 0 unspecified atom stereocenters. The minimum Gasteiger partial charge on any atom is -0.457 e. The van der Waals surface area contributed by atoms with Crippen LogP contribution in [0.15, 0.2) is 46.2 Å². The van der Waals surface area contributed by atoms with E-state index >= 15 is 0 Å². The number of nitrogens with two attached hydrogens (primary N) is 1. The van der Waals surface area contributed by atoms with Crippen molar-refractivity contribution in [2.45, 2.75) is 42.1 Å². The average Bonchev–Trinajstić information content (AvgIpc) is 3.09. The van der Waals surface area contributed by atoms with E-state index in [1.807, 2.05) is 31.4 Å². The maximum Gasteiger partial charge on any atom is 0.238 e.